The van der Waals surface area contributed by atoms with Gasteiger partial charge in [0.1, 0.15) is 0 Å². The van der Waals surface area contributed by atoms with Crippen LogP contribution in [0.15, 0.2) is 24.3 Å². The van der Waals surface area contributed by atoms with Crippen LogP contribution in [0.25, 0.3) is 0 Å². The fraction of sp³-hybridized carbons (Fsp3) is 0.611. The van der Waals surface area contributed by atoms with Gasteiger partial charge in [-0.3, -0.25) is 4.79 Å². The van der Waals surface area contributed by atoms with Crippen LogP contribution in [-0.2, 0) is 0 Å². The van der Waals surface area contributed by atoms with E-state index in [1.807, 2.05) is 31.2 Å². The highest BCUT2D eigenvalue weighted by molar-refractivity contribution is 5.94. The van der Waals surface area contributed by atoms with Gasteiger partial charge in [0, 0.05) is 11.6 Å². The van der Waals surface area contributed by atoms with Crippen LogP contribution in [0, 0.1) is 0 Å². The first kappa shape index (κ1) is 16.0. The molecule has 2 N–H and O–H groups in total. The molecular formula is C18H27NO2. The second-order valence-electron chi connectivity index (χ2n) is 6.60. The third-order valence-electron chi connectivity index (χ3n) is 4.75. The lowest BCUT2D eigenvalue weighted by atomic mass is 9.80. The van der Waals surface area contributed by atoms with E-state index in [2.05, 4.69) is 19.2 Å². The van der Waals surface area contributed by atoms with E-state index in [0.717, 1.165) is 37.7 Å². The Hall–Kier alpha value is -1.35. The zero-order valence-corrected chi connectivity index (χ0v) is 13.4. The average Bonchev–Trinajstić information content (AvgIpc) is 2.50. The molecule has 1 fully saturated rings. The fourth-order valence-corrected chi connectivity index (χ4v) is 2.94. The van der Waals surface area contributed by atoms with Crippen LogP contribution in [0.5, 0.6) is 0 Å². The van der Waals surface area contributed by atoms with Crippen LogP contribution in [0.3, 0.4) is 0 Å². The van der Waals surface area contributed by atoms with Gasteiger partial charge in [-0.2, -0.15) is 0 Å². The average molecular weight is 289 g/mol. The summed E-state index contributed by atoms with van der Waals surface area (Å²) >= 11 is 0. The number of benzene rings is 1. The lowest BCUT2D eigenvalue weighted by molar-refractivity contribution is -0.00652. The van der Waals surface area contributed by atoms with E-state index in [0.29, 0.717) is 5.92 Å². The number of aliphatic hydroxyl groups is 1. The summed E-state index contributed by atoms with van der Waals surface area (Å²) < 4.78 is 0. The minimum absolute atomic E-state index is 0.00255. The molecule has 0 unspecified atom stereocenters. The van der Waals surface area contributed by atoms with Crippen molar-refractivity contribution in [2.24, 2.45) is 0 Å². The van der Waals surface area contributed by atoms with Gasteiger partial charge in [0.05, 0.1) is 5.60 Å². The molecule has 3 nitrogen and oxygen atoms in total. The molecule has 2 rings (SSSR count). The Morgan fingerprint density at radius 3 is 2.33 bits per heavy atom. The molecule has 1 aromatic rings. The molecule has 0 saturated heterocycles. The summed E-state index contributed by atoms with van der Waals surface area (Å²) in [5.74, 6) is 0.476. The summed E-state index contributed by atoms with van der Waals surface area (Å²) in [4.78, 5) is 12.3. The van der Waals surface area contributed by atoms with Gasteiger partial charge in [0.15, 0.2) is 0 Å². The Kier molecular flexibility index (Phi) is 5.04. The number of rotatable bonds is 4. The second-order valence-corrected chi connectivity index (χ2v) is 6.60. The summed E-state index contributed by atoms with van der Waals surface area (Å²) in [7, 11) is 0. The van der Waals surface area contributed by atoms with Crippen LogP contribution in [0.4, 0.5) is 0 Å². The zero-order chi connectivity index (χ0) is 15.5. The molecule has 0 spiro atoms. The van der Waals surface area contributed by atoms with Crippen LogP contribution in [0.2, 0.25) is 0 Å². The van der Waals surface area contributed by atoms with E-state index in [4.69, 9.17) is 0 Å². The maximum absolute atomic E-state index is 12.3. The number of hydrogen-bond donors (Lipinski definition) is 2. The van der Waals surface area contributed by atoms with E-state index in [1.54, 1.807) is 0 Å². The van der Waals surface area contributed by atoms with Gasteiger partial charge in [-0.05, 0) is 55.7 Å². The lowest BCUT2D eigenvalue weighted by Crippen LogP contribution is -2.43. The smallest absolute Gasteiger partial charge is 0.251 e. The Morgan fingerprint density at radius 2 is 1.86 bits per heavy atom. The Bertz CT molecular complexity index is 470. The van der Waals surface area contributed by atoms with Crippen molar-refractivity contribution in [1.29, 1.82) is 0 Å². The first-order chi connectivity index (χ1) is 9.93. The maximum Gasteiger partial charge on any atom is 0.251 e. The summed E-state index contributed by atoms with van der Waals surface area (Å²) in [6.45, 7) is 6.31. The normalized spacial score (nSPS) is 25.9. The summed E-state index contributed by atoms with van der Waals surface area (Å²) in [6, 6.07) is 8.03. The van der Waals surface area contributed by atoms with E-state index < -0.39 is 5.60 Å². The molecule has 0 atom stereocenters. The lowest BCUT2D eigenvalue weighted by Gasteiger charge is -2.35. The maximum atomic E-state index is 12.3. The van der Waals surface area contributed by atoms with Crippen molar-refractivity contribution in [3.05, 3.63) is 35.4 Å². The highest BCUT2D eigenvalue weighted by Crippen LogP contribution is 2.30. The van der Waals surface area contributed by atoms with Gasteiger partial charge in [-0.15, -0.1) is 0 Å². The second kappa shape index (κ2) is 6.61. The van der Waals surface area contributed by atoms with Crippen LogP contribution >= 0.6 is 0 Å². The number of carbonyl (C=O) groups excluding carboxylic acids is 1. The Labute approximate surface area is 127 Å². The molecule has 1 aliphatic rings. The SMILES string of the molecule is CCC1(O)CCC(NC(=O)c2ccc(C(C)C)cc2)CC1. The number of nitrogens with one attached hydrogen (secondary N) is 1. The predicted octanol–water partition coefficient (Wildman–Crippen LogP) is 3.62. The molecule has 0 heterocycles. The standard InChI is InChI=1S/C18H27NO2/c1-4-18(21)11-9-16(10-12-18)19-17(20)15-7-5-14(6-8-15)13(2)3/h5-8,13,16,21H,4,9-12H2,1-3H3,(H,19,20). The quantitative estimate of drug-likeness (QED) is 0.889. The van der Waals surface area contributed by atoms with Crippen molar-refractivity contribution in [3.63, 3.8) is 0 Å². The molecular weight excluding hydrogens is 262 g/mol. The molecule has 1 aromatic carbocycles. The van der Waals surface area contributed by atoms with Crippen molar-refractivity contribution in [1.82, 2.24) is 5.32 Å². The predicted molar refractivity (Wildman–Crippen MR) is 85.5 cm³/mol. The summed E-state index contributed by atoms with van der Waals surface area (Å²) in [6.07, 6.45) is 4.08. The number of amides is 1. The van der Waals surface area contributed by atoms with E-state index in [1.165, 1.54) is 5.56 Å². The third-order valence-corrected chi connectivity index (χ3v) is 4.75. The zero-order valence-electron chi connectivity index (χ0n) is 13.4. The van der Waals surface area contributed by atoms with E-state index in [-0.39, 0.29) is 11.9 Å². The summed E-state index contributed by atoms with van der Waals surface area (Å²) in [5, 5.41) is 13.3. The molecule has 0 aromatic heterocycles. The molecule has 1 amide bonds. The number of carbonyl (C=O) groups is 1. The van der Waals surface area contributed by atoms with Gasteiger partial charge in [-0.25, -0.2) is 0 Å². The van der Waals surface area contributed by atoms with Crippen molar-refractivity contribution >= 4 is 5.91 Å². The molecule has 1 saturated carbocycles. The van der Waals surface area contributed by atoms with Gasteiger partial charge < -0.3 is 10.4 Å². The minimum Gasteiger partial charge on any atom is -0.390 e. The minimum atomic E-state index is -0.514. The molecule has 0 bridgehead atoms. The summed E-state index contributed by atoms with van der Waals surface area (Å²) in [5.41, 5.74) is 1.45. The van der Waals surface area contributed by atoms with Gasteiger partial charge in [-0.1, -0.05) is 32.9 Å². The number of hydrogen-bond acceptors (Lipinski definition) is 2. The van der Waals surface area contributed by atoms with Crippen molar-refractivity contribution in [2.45, 2.75) is 70.4 Å². The van der Waals surface area contributed by atoms with Crippen LogP contribution in [0.1, 0.15) is 74.7 Å². The largest absolute Gasteiger partial charge is 0.390 e. The van der Waals surface area contributed by atoms with Crippen LogP contribution in [-0.4, -0.2) is 22.7 Å². The van der Waals surface area contributed by atoms with E-state index >= 15 is 0 Å². The Morgan fingerprint density at radius 1 is 1.29 bits per heavy atom. The molecule has 0 aliphatic heterocycles. The van der Waals surface area contributed by atoms with Crippen molar-refractivity contribution < 1.29 is 9.90 Å². The Balaban J connectivity index is 1.90. The van der Waals surface area contributed by atoms with Crippen molar-refractivity contribution in [2.75, 3.05) is 0 Å². The molecule has 0 radical (unpaired) electrons. The van der Waals surface area contributed by atoms with E-state index in [9.17, 15) is 9.90 Å². The molecule has 3 heteroatoms. The molecule has 116 valence electrons. The monoisotopic (exact) mass is 289 g/mol. The van der Waals surface area contributed by atoms with Crippen LogP contribution < -0.4 is 5.32 Å². The highest BCUT2D eigenvalue weighted by atomic mass is 16.3. The first-order valence-corrected chi connectivity index (χ1v) is 8.07. The van der Waals surface area contributed by atoms with Crippen molar-refractivity contribution in [3.8, 4) is 0 Å². The third kappa shape index (κ3) is 4.07. The fourth-order valence-electron chi connectivity index (χ4n) is 2.94. The molecule has 1 aliphatic carbocycles. The first-order valence-electron chi connectivity index (χ1n) is 8.07. The van der Waals surface area contributed by atoms with Gasteiger partial charge in [0.25, 0.3) is 5.91 Å². The van der Waals surface area contributed by atoms with Gasteiger partial charge >= 0.3 is 0 Å². The topological polar surface area (TPSA) is 49.3 Å². The highest BCUT2D eigenvalue weighted by Gasteiger charge is 2.31. The van der Waals surface area contributed by atoms with Gasteiger partial charge in [0.2, 0.25) is 0 Å². The molecule has 21 heavy (non-hydrogen) atoms.